The van der Waals surface area contributed by atoms with Crippen LogP contribution in [-0.4, -0.2) is 54.1 Å². The highest BCUT2D eigenvalue weighted by Gasteiger charge is 2.34. The molecule has 198 valence electrons. The van der Waals surface area contributed by atoms with Crippen LogP contribution >= 0.6 is 0 Å². The van der Waals surface area contributed by atoms with Crippen molar-refractivity contribution in [2.45, 2.75) is 12.1 Å². The highest BCUT2D eigenvalue weighted by atomic mass is 32.2. The number of rotatable bonds is 7. The van der Waals surface area contributed by atoms with Gasteiger partial charge in [-0.15, -0.1) is 0 Å². The normalized spacial score (nSPS) is 14.8. The SMILES string of the molecule is COc1cc(Nc2ncnc3ccc(C4CN(S(C)(=O)=O)C4)cc23)ccc1Oc1ccc(C(F)(F)F)nc1. The van der Waals surface area contributed by atoms with Gasteiger partial charge in [0.2, 0.25) is 10.0 Å². The lowest BCUT2D eigenvalue weighted by atomic mass is 9.92. The Morgan fingerprint density at radius 3 is 2.45 bits per heavy atom. The fraction of sp³-hybridized carbons (Fsp3) is 0.240. The van der Waals surface area contributed by atoms with Gasteiger partial charge in [0.25, 0.3) is 0 Å². The van der Waals surface area contributed by atoms with E-state index < -0.39 is 21.9 Å². The Morgan fingerprint density at radius 2 is 1.79 bits per heavy atom. The van der Waals surface area contributed by atoms with Gasteiger partial charge in [0.1, 0.15) is 23.6 Å². The standard InChI is InChI=1S/C25H22F3N5O4S/c1-36-22-10-17(4-7-21(22)37-18-5-8-23(29-11-18)25(26,27)28)32-24-19-9-15(3-6-20(19)30-14-31-24)16-12-33(13-16)38(2,34)35/h3-11,14,16H,12-13H2,1-2H3,(H,30,31,32). The molecule has 2 aromatic heterocycles. The van der Waals surface area contributed by atoms with E-state index in [4.69, 9.17) is 9.47 Å². The number of anilines is 2. The summed E-state index contributed by atoms with van der Waals surface area (Å²) >= 11 is 0. The molecule has 1 fully saturated rings. The Balaban J connectivity index is 1.36. The summed E-state index contributed by atoms with van der Waals surface area (Å²) in [6.45, 7) is 0.849. The van der Waals surface area contributed by atoms with Crippen LogP contribution in [0.3, 0.4) is 0 Å². The number of ether oxygens (including phenoxy) is 2. The molecule has 5 rings (SSSR count). The fourth-order valence-electron chi connectivity index (χ4n) is 4.05. The van der Waals surface area contributed by atoms with E-state index in [0.717, 1.165) is 23.2 Å². The van der Waals surface area contributed by atoms with Crippen molar-refractivity contribution in [3.63, 3.8) is 0 Å². The molecule has 0 atom stereocenters. The summed E-state index contributed by atoms with van der Waals surface area (Å²) in [5.74, 6) is 1.37. The molecule has 0 bridgehead atoms. The second-order valence-corrected chi connectivity index (χ2v) is 10.7. The Bertz CT molecular complexity index is 1590. The van der Waals surface area contributed by atoms with Crippen LogP contribution in [0.4, 0.5) is 24.7 Å². The highest BCUT2D eigenvalue weighted by Crippen LogP contribution is 2.37. The monoisotopic (exact) mass is 545 g/mol. The van der Waals surface area contributed by atoms with Crippen molar-refractivity contribution in [3.8, 4) is 17.2 Å². The van der Waals surface area contributed by atoms with Gasteiger partial charge in [0.15, 0.2) is 11.5 Å². The van der Waals surface area contributed by atoms with Crippen LogP contribution in [0.25, 0.3) is 10.9 Å². The third-order valence-corrected chi connectivity index (χ3v) is 7.36. The zero-order valence-corrected chi connectivity index (χ0v) is 21.0. The Labute approximate surface area is 216 Å². The number of fused-ring (bicyclic) bond motifs is 1. The maximum absolute atomic E-state index is 12.8. The molecule has 0 radical (unpaired) electrons. The van der Waals surface area contributed by atoms with Crippen LogP contribution in [0.2, 0.25) is 0 Å². The molecule has 1 aliphatic rings. The van der Waals surface area contributed by atoms with E-state index in [1.807, 2.05) is 18.2 Å². The van der Waals surface area contributed by atoms with Crippen LogP contribution in [0.15, 0.2) is 61.1 Å². The van der Waals surface area contributed by atoms with Crippen LogP contribution in [-0.2, 0) is 16.2 Å². The molecule has 3 heterocycles. The number of halogens is 3. The molecule has 0 amide bonds. The highest BCUT2D eigenvalue weighted by molar-refractivity contribution is 7.88. The van der Waals surface area contributed by atoms with Gasteiger partial charge < -0.3 is 14.8 Å². The first-order valence-corrected chi connectivity index (χ1v) is 13.2. The fourth-order valence-corrected chi connectivity index (χ4v) is 4.95. The quantitative estimate of drug-likeness (QED) is 0.348. The van der Waals surface area contributed by atoms with Gasteiger partial charge in [-0.05, 0) is 42.0 Å². The smallest absolute Gasteiger partial charge is 0.433 e. The van der Waals surface area contributed by atoms with Gasteiger partial charge in [0.05, 0.1) is 25.1 Å². The summed E-state index contributed by atoms with van der Waals surface area (Å²) in [6.07, 6.45) is -0.907. The predicted octanol–water partition coefficient (Wildman–Crippen LogP) is 4.95. The molecule has 0 aliphatic carbocycles. The topological polar surface area (TPSA) is 107 Å². The van der Waals surface area contributed by atoms with Crippen LogP contribution < -0.4 is 14.8 Å². The number of hydrogen-bond acceptors (Lipinski definition) is 8. The number of hydrogen-bond donors (Lipinski definition) is 1. The first kappa shape index (κ1) is 25.7. The van der Waals surface area contributed by atoms with E-state index >= 15 is 0 Å². The predicted molar refractivity (Wildman–Crippen MR) is 134 cm³/mol. The van der Waals surface area contributed by atoms with E-state index in [-0.39, 0.29) is 17.4 Å². The second-order valence-electron chi connectivity index (χ2n) is 8.75. The number of methoxy groups -OCH3 is 1. The lowest BCUT2D eigenvalue weighted by Crippen LogP contribution is -2.47. The van der Waals surface area contributed by atoms with E-state index in [2.05, 4.69) is 20.3 Å². The number of nitrogens with zero attached hydrogens (tertiary/aromatic N) is 4. The summed E-state index contributed by atoms with van der Waals surface area (Å²) in [5.41, 5.74) is 1.31. The number of benzene rings is 2. The van der Waals surface area contributed by atoms with Crippen molar-refractivity contribution in [1.29, 1.82) is 0 Å². The molecular weight excluding hydrogens is 523 g/mol. The van der Waals surface area contributed by atoms with Gasteiger partial charge in [-0.3, -0.25) is 0 Å². The summed E-state index contributed by atoms with van der Waals surface area (Å²) in [7, 11) is -1.76. The molecule has 1 saturated heterocycles. The van der Waals surface area contributed by atoms with Crippen molar-refractivity contribution in [2.75, 3.05) is 31.8 Å². The van der Waals surface area contributed by atoms with Gasteiger partial charge in [-0.2, -0.15) is 13.2 Å². The minimum Gasteiger partial charge on any atom is -0.493 e. The van der Waals surface area contributed by atoms with Crippen molar-refractivity contribution in [2.24, 2.45) is 0 Å². The number of aromatic nitrogens is 3. The van der Waals surface area contributed by atoms with Gasteiger partial charge in [-0.25, -0.2) is 27.7 Å². The van der Waals surface area contributed by atoms with E-state index in [9.17, 15) is 21.6 Å². The second kappa shape index (κ2) is 9.72. The lowest BCUT2D eigenvalue weighted by molar-refractivity contribution is -0.141. The molecule has 13 heteroatoms. The summed E-state index contributed by atoms with van der Waals surface area (Å²) in [6, 6.07) is 12.8. The molecule has 38 heavy (non-hydrogen) atoms. The summed E-state index contributed by atoms with van der Waals surface area (Å²) < 4.78 is 74.3. The molecule has 0 spiro atoms. The Hall–Kier alpha value is -3.97. The molecule has 0 saturated carbocycles. The minimum absolute atomic E-state index is 0.0818. The van der Waals surface area contributed by atoms with Gasteiger partial charge in [0, 0.05) is 36.1 Å². The summed E-state index contributed by atoms with van der Waals surface area (Å²) in [5, 5.41) is 4.00. The van der Waals surface area contributed by atoms with Crippen LogP contribution in [0.1, 0.15) is 17.2 Å². The minimum atomic E-state index is -4.54. The number of sulfonamides is 1. The van der Waals surface area contributed by atoms with Crippen molar-refractivity contribution in [1.82, 2.24) is 19.3 Å². The largest absolute Gasteiger partial charge is 0.493 e. The molecule has 1 aliphatic heterocycles. The van der Waals surface area contributed by atoms with E-state index in [1.54, 1.807) is 18.2 Å². The summed E-state index contributed by atoms with van der Waals surface area (Å²) in [4.78, 5) is 12.1. The molecule has 2 aromatic carbocycles. The molecule has 4 aromatic rings. The zero-order valence-electron chi connectivity index (χ0n) is 20.2. The third kappa shape index (κ3) is 5.34. The Kier molecular flexibility index (Phi) is 6.57. The third-order valence-electron chi connectivity index (χ3n) is 6.13. The molecule has 1 N–H and O–H groups in total. The van der Waals surface area contributed by atoms with E-state index in [0.29, 0.717) is 35.9 Å². The molecule has 0 unspecified atom stereocenters. The average Bonchev–Trinajstić information content (AvgIpc) is 2.83. The van der Waals surface area contributed by atoms with Gasteiger partial charge >= 0.3 is 6.18 Å². The van der Waals surface area contributed by atoms with Crippen LogP contribution in [0.5, 0.6) is 17.2 Å². The Morgan fingerprint density at radius 1 is 1.00 bits per heavy atom. The van der Waals surface area contributed by atoms with Gasteiger partial charge in [-0.1, -0.05) is 6.07 Å². The lowest BCUT2D eigenvalue weighted by Gasteiger charge is -2.37. The first-order valence-electron chi connectivity index (χ1n) is 11.4. The number of pyridine rings is 1. The maximum Gasteiger partial charge on any atom is 0.433 e. The number of nitrogens with one attached hydrogen (secondary N) is 1. The van der Waals surface area contributed by atoms with Crippen molar-refractivity contribution < 1.29 is 31.1 Å². The maximum atomic E-state index is 12.8. The zero-order chi connectivity index (χ0) is 27.1. The van der Waals surface area contributed by atoms with Crippen molar-refractivity contribution in [3.05, 3.63) is 72.3 Å². The number of alkyl halides is 3. The average molecular weight is 546 g/mol. The van der Waals surface area contributed by atoms with Crippen molar-refractivity contribution >= 4 is 32.4 Å². The first-order chi connectivity index (χ1) is 18.0. The van der Waals surface area contributed by atoms with E-state index in [1.165, 1.54) is 30.1 Å². The van der Waals surface area contributed by atoms with Crippen LogP contribution in [0, 0.1) is 0 Å². The molecule has 9 nitrogen and oxygen atoms in total. The molecular formula is C25H22F3N5O4S.